The van der Waals surface area contributed by atoms with Crippen LogP contribution in [0, 0.1) is 124 Å². The third-order valence-corrected chi connectivity index (χ3v) is 33.1. The minimum atomic E-state index is -2.59. The number of fused-ring (bicyclic) bond motifs is 12. The van der Waals surface area contributed by atoms with E-state index in [2.05, 4.69) is 367 Å². The number of thiophene rings is 2. The van der Waals surface area contributed by atoms with Gasteiger partial charge in [-0.1, -0.05) is 402 Å². The Hall–Kier alpha value is -12.7. The van der Waals surface area contributed by atoms with Crippen molar-refractivity contribution < 1.29 is 22.4 Å². The van der Waals surface area contributed by atoms with Gasteiger partial charge in [-0.3, -0.25) is 0 Å². The molecule has 4 nitrogen and oxygen atoms in total. The number of benzene rings is 17. The van der Waals surface area contributed by atoms with Gasteiger partial charge in [0.05, 0.1) is 0 Å². The van der Waals surface area contributed by atoms with E-state index in [0.29, 0.717) is 19.0 Å². The number of hydrogen-bond acceptors (Lipinski definition) is 6. The first kappa shape index (κ1) is 98.8. The smallest absolute Gasteiger partial charge is 0.207 e. The first-order chi connectivity index (χ1) is 64.2. The molecule has 11 heteroatoms. The highest BCUT2D eigenvalue weighted by Gasteiger charge is 2.29. The average Bonchev–Trinajstić information content (AvgIpc) is 1.31. The summed E-state index contributed by atoms with van der Waals surface area (Å²) in [6.45, 7) is 45.3. The van der Waals surface area contributed by atoms with E-state index in [1.807, 2.05) is 139 Å². The molecule has 0 aliphatic rings. The average molecular weight is 1830 g/mol. The Morgan fingerprint density at radius 2 is 0.582 bits per heavy atom. The molecule has 0 aliphatic carbocycles. The van der Waals surface area contributed by atoms with E-state index in [0.717, 1.165) is 65.8 Å². The molecule has 0 atom stereocenters. The molecular weight excluding hydrogens is 1710 g/mol. The Morgan fingerprint density at radius 1 is 0.246 bits per heavy atom. The number of halogens is 1. The minimum absolute atomic E-state index is 0.132. The summed E-state index contributed by atoms with van der Waals surface area (Å²) in [5, 5.41) is 14.2. The fourth-order valence-electron chi connectivity index (χ4n) is 18.9. The summed E-state index contributed by atoms with van der Waals surface area (Å²) in [5.74, 6) is -0.132. The maximum absolute atomic E-state index is 13.7. The standard InChI is InChI=1S/C19H25B.C19H25OP.C13H13B.C13H13OP.2C13H10O.2C13H10S.C7H7F/c1-12-8-14(3)18(15(4)9-12)20(7)19-16(5)10-13(2)11-17(19)6;1-12-8-14(3)18(15(4)9-12)21(7,20)19-16(5)10-13(2)11-17(19)6;1-14(12-8-4-2-5-9-12)13-10-6-3-7-11-13;1-15(14,12-8-4-2-5-9-12)13-10-6-3-7-11-13;1-9-5-4-7-11-10-6-2-3-8-12(10)14-13(9)11;1-9-6-7-11-10-4-2-3-5-12(10)14-13(11)8-9;1-9-5-4-7-11-10-6-2-3-8-12(10)14-13(9)11;1-9-6-7-11-10-4-2-3-5-12(10)14-13(11)8-9;1-6-4-2-3-5-7(6)8/h8-11H,1-7H3;8-11H,1-7H3;2-11H,1H3;2-11H,1H3;4*2-8H,1H3;2-5H,1H3. The summed E-state index contributed by atoms with van der Waals surface area (Å²) in [6, 6.07) is 124. The lowest BCUT2D eigenvalue weighted by Crippen LogP contribution is -2.45. The fourth-order valence-corrected chi connectivity index (χ4v) is 26.3. The number of para-hydroxylation sites is 3. The molecule has 674 valence electrons. The summed E-state index contributed by atoms with van der Waals surface area (Å²) < 4.78 is 55.8. The highest BCUT2D eigenvalue weighted by Crippen LogP contribution is 2.45. The van der Waals surface area contributed by atoms with Crippen LogP contribution in [0.25, 0.3) is 84.2 Å². The quantitative estimate of drug-likeness (QED) is 0.112. The van der Waals surface area contributed by atoms with E-state index in [4.69, 9.17) is 8.83 Å². The minimum Gasteiger partial charge on any atom is -0.456 e. The Labute approximate surface area is 803 Å². The third kappa shape index (κ3) is 23.9. The van der Waals surface area contributed by atoms with Gasteiger partial charge in [0.1, 0.15) is 42.4 Å². The summed E-state index contributed by atoms with van der Waals surface area (Å²) in [4.78, 5) is 0. The van der Waals surface area contributed by atoms with Crippen LogP contribution in [-0.2, 0) is 9.13 Å². The van der Waals surface area contributed by atoms with Gasteiger partial charge in [-0.2, -0.15) is 0 Å². The number of aryl methyl sites for hydroxylation is 17. The van der Waals surface area contributed by atoms with Crippen molar-refractivity contribution >= 4 is 178 Å². The van der Waals surface area contributed by atoms with E-state index in [1.54, 1.807) is 19.1 Å². The second kappa shape index (κ2) is 44.9. The van der Waals surface area contributed by atoms with Gasteiger partial charge in [-0.05, 0) is 224 Å². The topological polar surface area (TPSA) is 60.4 Å². The molecule has 0 saturated heterocycles. The van der Waals surface area contributed by atoms with Gasteiger partial charge < -0.3 is 18.0 Å². The van der Waals surface area contributed by atoms with Crippen LogP contribution < -0.4 is 43.1 Å². The first-order valence-corrected chi connectivity index (χ1v) is 52.1. The molecule has 0 radical (unpaired) electrons. The molecule has 21 rings (SSSR count). The van der Waals surface area contributed by atoms with Crippen LogP contribution in [0.1, 0.15) is 94.6 Å². The molecule has 0 bridgehead atoms. The van der Waals surface area contributed by atoms with Gasteiger partial charge in [0.25, 0.3) is 0 Å². The fraction of sp³-hybridized carbons (Fsp3) is 0.171. The normalized spacial score (nSPS) is 11.0. The van der Waals surface area contributed by atoms with Crippen molar-refractivity contribution in [1.82, 2.24) is 0 Å². The molecule has 4 aromatic heterocycles. The van der Waals surface area contributed by atoms with Crippen LogP contribution in [0.2, 0.25) is 13.6 Å². The Kier molecular flexibility index (Phi) is 33.1. The zero-order valence-corrected chi connectivity index (χ0v) is 84.9. The van der Waals surface area contributed by atoms with Gasteiger partial charge >= 0.3 is 0 Å². The Morgan fingerprint density at radius 3 is 1.04 bits per heavy atom. The van der Waals surface area contributed by atoms with E-state index < -0.39 is 14.3 Å². The Balaban J connectivity index is 0.000000129. The molecule has 0 saturated carbocycles. The maximum Gasteiger partial charge on any atom is 0.207 e. The lowest BCUT2D eigenvalue weighted by molar-refractivity contribution is 0.589. The molecule has 0 unspecified atom stereocenters. The predicted molar refractivity (Wildman–Crippen MR) is 592 cm³/mol. The SMILES string of the molecule is CB(c1c(C)cc(C)cc1C)c1c(C)cc(C)cc1C.CB(c1ccccc1)c1ccccc1.CP(=O)(c1ccccc1)c1ccccc1.Cc1cc(C)c(P(C)(=O)c2c(C)cc(C)cc2C)c(C)c1.Cc1ccc2c(c1)oc1ccccc12.Cc1ccc2c(c1)sc1ccccc12.Cc1cccc2c1oc1ccccc12.Cc1cccc2c1sc1ccccc12.Cc1ccccc1F. The lowest BCUT2D eigenvalue weighted by Gasteiger charge is -2.23. The molecular formula is C123H123B2FO4P2S2. The van der Waals surface area contributed by atoms with Gasteiger partial charge in [0.15, 0.2) is 0 Å². The molecule has 4 heterocycles. The predicted octanol–water partition coefficient (Wildman–Crippen LogP) is 31.5. The Bertz CT molecular complexity index is 7200. The van der Waals surface area contributed by atoms with E-state index in [9.17, 15) is 13.5 Å². The number of rotatable bonds is 8. The number of furan rings is 2. The van der Waals surface area contributed by atoms with Crippen molar-refractivity contribution in [1.29, 1.82) is 0 Å². The van der Waals surface area contributed by atoms with E-state index in [1.165, 1.54) is 157 Å². The van der Waals surface area contributed by atoms with Gasteiger partial charge in [-0.25, -0.2) is 4.39 Å². The summed E-state index contributed by atoms with van der Waals surface area (Å²) >= 11 is 3.76. The summed E-state index contributed by atoms with van der Waals surface area (Å²) in [5.41, 5.74) is 30.9. The maximum atomic E-state index is 13.7. The van der Waals surface area contributed by atoms with Crippen LogP contribution in [0.15, 0.2) is 373 Å². The molecule has 0 N–H and O–H groups in total. The van der Waals surface area contributed by atoms with Crippen LogP contribution in [0.4, 0.5) is 4.39 Å². The second-order valence-corrected chi connectivity index (χ2v) is 43.7. The van der Waals surface area contributed by atoms with Crippen molar-refractivity contribution in [2.24, 2.45) is 0 Å². The molecule has 0 aliphatic heterocycles. The number of hydrogen-bond donors (Lipinski definition) is 0. The second-order valence-electron chi connectivity index (χ2n) is 35.9. The summed E-state index contributed by atoms with van der Waals surface area (Å²) in [7, 11) is -4.98. The molecule has 0 spiro atoms. The van der Waals surface area contributed by atoms with Crippen molar-refractivity contribution in [3.8, 4) is 0 Å². The van der Waals surface area contributed by atoms with Crippen molar-refractivity contribution in [3.05, 3.63) is 464 Å². The van der Waals surface area contributed by atoms with Crippen LogP contribution in [-0.4, -0.2) is 26.8 Å². The van der Waals surface area contributed by atoms with Crippen molar-refractivity contribution in [3.63, 3.8) is 0 Å². The molecule has 17 aromatic carbocycles. The molecule has 134 heavy (non-hydrogen) atoms. The first-order valence-electron chi connectivity index (χ1n) is 46.1. The molecule has 0 amide bonds. The van der Waals surface area contributed by atoms with Crippen molar-refractivity contribution in [2.45, 2.75) is 131 Å². The van der Waals surface area contributed by atoms with Gasteiger partial charge in [-0.15, -0.1) is 22.7 Å². The van der Waals surface area contributed by atoms with E-state index in [-0.39, 0.29) is 5.82 Å². The third-order valence-electron chi connectivity index (χ3n) is 24.9. The van der Waals surface area contributed by atoms with Crippen LogP contribution >= 0.6 is 37.0 Å². The highest BCUT2D eigenvalue weighted by atomic mass is 32.1. The molecule has 21 aromatic rings. The monoisotopic (exact) mass is 1830 g/mol. The highest BCUT2D eigenvalue weighted by molar-refractivity contribution is 7.78. The zero-order chi connectivity index (χ0) is 95.7. The van der Waals surface area contributed by atoms with Crippen molar-refractivity contribution in [2.75, 3.05) is 13.3 Å². The summed E-state index contributed by atoms with van der Waals surface area (Å²) in [6.07, 6.45) is 0. The zero-order valence-electron chi connectivity index (χ0n) is 81.5. The van der Waals surface area contributed by atoms with Gasteiger partial charge in [0.2, 0.25) is 13.4 Å². The largest absolute Gasteiger partial charge is 0.456 e. The van der Waals surface area contributed by atoms with Crippen LogP contribution in [0.5, 0.6) is 0 Å². The van der Waals surface area contributed by atoms with E-state index >= 15 is 0 Å². The lowest BCUT2D eigenvalue weighted by atomic mass is 9.39. The van der Waals surface area contributed by atoms with Gasteiger partial charge in [0, 0.05) is 83.1 Å². The molecule has 0 fully saturated rings. The van der Waals surface area contributed by atoms with Crippen LogP contribution in [0.3, 0.4) is 0 Å².